The predicted octanol–water partition coefficient (Wildman–Crippen LogP) is 1.37. The Morgan fingerprint density at radius 2 is 2.00 bits per heavy atom. The SMILES string of the molecule is [90Li][CH](C)CC. The maximum absolute atomic E-state index is 2.22. The van der Waals surface area contributed by atoms with Crippen molar-refractivity contribution < 1.29 is 0 Å². The Morgan fingerprint density at radius 3 is 2.00 bits per heavy atom. The van der Waals surface area contributed by atoms with Gasteiger partial charge in [0.05, 0.1) is 0 Å². The summed E-state index contributed by atoms with van der Waals surface area (Å²) in [5.41, 5.74) is 0. The van der Waals surface area contributed by atoms with Gasteiger partial charge in [0.15, 0.2) is 0 Å². The molecule has 0 saturated heterocycles. The number of hydrogen-bond donors (Lipinski definition) is 0. The van der Waals surface area contributed by atoms with Crippen LogP contribution in [0.3, 0.4) is 0 Å². The van der Waals surface area contributed by atoms with Gasteiger partial charge >= 0.3 is 42.6 Å². The second-order valence-electron chi connectivity index (χ2n) is 1.80. The Balaban J connectivity index is 2.54. The van der Waals surface area contributed by atoms with Crippen LogP contribution in [0.5, 0.6) is 0 Å². The average Bonchev–Trinajstić information content (AvgIpc) is 1.38. The fraction of sp³-hybridized carbons (Fsp3) is 1.00. The summed E-state index contributed by atoms with van der Waals surface area (Å²) in [6, 6.07) is 0. The van der Waals surface area contributed by atoms with Crippen LogP contribution >= 0.6 is 0 Å². The number of rotatable bonds is 1. The maximum atomic E-state index is 2.22. The van der Waals surface area contributed by atoms with E-state index in [4.69, 9.17) is 0 Å². The van der Waals surface area contributed by atoms with E-state index in [0.717, 1.165) is 4.59 Å². The third kappa shape index (κ3) is 4.60. The summed E-state index contributed by atoms with van der Waals surface area (Å²) in [4.78, 5) is 0. The molecule has 0 aliphatic rings. The van der Waals surface area contributed by atoms with E-state index in [2.05, 4.69) is 31.6 Å². The fourth-order valence-corrected chi connectivity index (χ4v) is 0. The van der Waals surface area contributed by atoms with E-state index in [9.17, 15) is 0 Å². The van der Waals surface area contributed by atoms with Gasteiger partial charge in [0, 0.05) is 0 Å². The van der Waals surface area contributed by atoms with E-state index in [1.807, 2.05) is 0 Å². The first-order chi connectivity index (χ1) is 2.27. The predicted molar refractivity (Wildman–Crippen MR) is 25.5 cm³/mol. The van der Waals surface area contributed by atoms with Crippen molar-refractivity contribution >= 4 is 17.7 Å². The summed E-state index contributed by atoms with van der Waals surface area (Å²) < 4.78 is 0.884. The van der Waals surface area contributed by atoms with E-state index in [1.165, 1.54) is 6.42 Å². The molecule has 1 unspecified atom stereocenters. The third-order valence-electron chi connectivity index (χ3n) is 0.816. The van der Waals surface area contributed by atoms with Crippen LogP contribution in [0.15, 0.2) is 0 Å². The van der Waals surface area contributed by atoms with Gasteiger partial charge in [-0.05, 0) is 0 Å². The van der Waals surface area contributed by atoms with Gasteiger partial charge in [-0.2, -0.15) is 0 Å². The van der Waals surface area contributed by atoms with Gasteiger partial charge in [-0.15, -0.1) is 0 Å². The van der Waals surface area contributed by atoms with Gasteiger partial charge < -0.3 is 0 Å². The first-order valence-electron chi connectivity index (χ1n) is 2.27. The van der Waals surface area contributed by atoms with Crippen molar-refractivity contribution in [2.24, 2.45) is 0 Å². The summed E-state index contributed by atoms with van der Waals surface area (Å²) in [7, 11) is 0. The summed E-state index contributed by atoms with van der Waals surface area (Å²) >= 11 is 2.22. The minimum atomic E-state index is 0.884. The van der Waals surface area contributed by atoms with Crippen LogP contribution in [0.4, 0.5) is 0 Å². The summed E-state index contributed by atoms with van der Waals surface area (Å²) in [6.07, 6.45) is 1.31. The third-order valence-corrected chi connectivity index (χ3v) is 0.816. The molecule has 1 heteroatoms. The molecule has 0 aliphatic heterocycles. The molecule has 5 heavy (non-hydrogen) atoms. The molecule has 1 atom stereocenters. The zero-order chi connectivity index (χ0) is 4.28. The van der Waals surface area contributed by atoms with Gasteiger partial charge in [0.25, 0.3) is 0 Å². The zero-order valence-electron chi connectivity index (χ0n) is 4.28. The van der Waals surface area contributed by atoms with Crippen molar-refractivity contribution in [3.63, 3.8) is 0 Å². The Labute approximate surface area is 43.2 Å². The van der Waals surface area contributed by atoms with Gasteiger partial charge in [0.2, 0.25) is 0 Å². The zero-order valence-corrected chi connectivity index (χ0v) is 4.28. The molecule has 0 aromatic rings. The molecular weight excluding hydrogens is 138 g/mol. The number of hydrogen-bond acceptors (Lipinski definition) is 0. The molecule has 0 rings (SSSR count). The first kappa shape index (κ1) is 5.60. The van der Waals surface area contributed by atoms with Gasteiger partial charge in [0.1, 0.15) is 0 Å². The van der Waals surface area contributed by atoms with Crippen LogP contribution in [-0.2, 0) is 0 Å². The summed E-state index contributed by atoms with van der Waals surface area (Å²) in [5.74, 6) is 0. The molecule has 0 spiro atoms. The second kappa shape index (κ2) is 2.81. The molecule has 0 heterocycles. The van der Waals surface area contributed by atoms with Crippen LogP contribution in [0.2, 0.25) is 4.59 Å². The van der Waals surface area contributed by atoms with Crippen molar-refractivity contribution in [3.8, 4) is 0 Å². The van der Waals surface area contributed by atoms with Crippen molar-refractivity contribution in [2.45, 2.75) is 24.9 Å². The van der Waals surface area contributed by atoms with Crippen molar-refractivity contribution in [2.75, 3.05) is 0 Å². The van der Waals surface area contributed by atoms with Gasteiger partial charge in [-0.3, -0.25) is 0 Å². The molecule has 26 valence electrons. The van der Waals surface area contributed by atoms with Gasteiger partial charge in [-0.1, -0.05) is 0 Å². The molecule has 0 aromatic heterocycles. The average molecular weight is 147 g/mol. The van der Waals surface area contributed by atoms with Crippen molar-refractivity contribution in [1.82, 2.24) is 0 Å². The van der Waals surface area contributed by atoms with Gasteiger partial charge in [-0.25, -0.2) is 0 Å². The Morgan fingerprint density at radius 1 is 1.80 bits per heavy atom. The van der Waals surface area contributed by atoms with E-state index < -0.39 is 0 Å². The molecule has 0 amide bonds. The molecule has 0 bridgehead atoms. The Bertz CT molecular complexity index is 17.6. The second-order valence-corrected chi connectivity index (χ2v) is 1.80. The van der Waals surface area contributed by atoms with Crippen molar-refractivity contribution in [3.05, 3.63) is 0 Å². The van der Waals surface area contributed by atoms with Crippen LogP contribution in [-0.4, -0.2) is 17.7 Å². The van der Waals surface area contributed by atoms with E-state index in [-0.39, 0.29) is 0 Å². The molecule has 0 N–H and O–H groups in total. The molecule has 0 radical (unpaired) electrons. The van der Waals surface area contributed by atoms with E-state index in [1.54, 1.807) is 0 Å². The standard InChI is InChI=1S/C4H9.Li/c1-3-4-2;/h3H,4H2,1-2H3;/i;1+83. The molecular formula is C4H9Li. The molecule has 0 aromatic carbocycles. The first-order valence-corrected chi connectivity index (χ1v) is 2.27. The summed E-state index contributed by atoms with van der Waals surface area (Å²) in [5, 5.41) is 0. The molecule has 0 nitrogen and oxygen atoms in total. The van der Waals surface area contributed by atoms with Crippen LogP contribution in [0.25, 0.3) is 0 Å². The Hall–Kier alpha value is 0.597. The monoisotopic (exact) mass is 147 g/mol. The Kier molecular flexibility index (Phi) is 3.15. The van der Waals surface area contributed by atoms with Crippen LogP contribution < -0.4 is 0 Å². The molecule has 0 fully saturated rings. The minimum absolute atomic E-state index is 0.884. The van der Waals surface area contributed by atoms with Crippen LogP contribution in [0.1, 0.15) is 20.3 Å². The van der Waals surface area contributed by atoms with E-state index >= 15 is 0 Å². The quantitative estimate of drug-likeness (QED) is 0.491. The fourth-order valence-electron chi connectivity index (χ4n) is 0. The van der Waals surface area contributed by atoms with Crippen LogP contribution in [0, 0.1) is 0 Å². The molecule has 0 saturated carbocycles. The topological polar surface area (TPSA) is 0 Å². The summed E-state index contributed by atoms with van der Waals surface area (Å²) in [6.45, 7) is 4.42. The normalized spacial score (nSPS) is 15.2. The molecule has 0 aliphatic carbocycles. The van der Waals surface area contributed by atoms with Crippen molar-refractivity contribution in [1.29, 1.82) is 0 Å². The van der Waals surface area contributed by atoms with E-state index in [0.29, 0.717) is 0 Å².